The summed E-state index contributed by atoms with van der Waals surface area (Å²) < 4.78 is 5.38. The predicted molar refractivity (Wildman–Crippen MR) is 109 cm³/mol. The standard InChI is InChI=1S/C22H23N3O2/c1-14-5-8-20(27-4)19(11-14)25-21-13-17(9-10-23-21)22(26)24-18-7-6-15(2)16(3)12-18/h5-13H,1-4H3,(H,23,25)(H,24,26). The van der Waals surface area contributed by atoms with Crippen molar-refractivity contribution >= 4 is 23.1 Å². The molecule has 5 nitrogen and oxygen atoms in total. The van der Waals surface area contributed by atoms with Gasteiger partial charge in [0.2, 0.25) is 0 Å². The molecule has 0 spiro atoms. The van der Waals surface area contributed by atoms with Gasteiger partial charge in [-0.2, -0.15) is 0 Å². The van der Waals surface area contributed by atoms with Crippen molar-refractivity contribution in [1.29, 1.82) is 0 Å². The molecule has 0 saturated carbocycles. The van der Waals surface area contributed by atoms with Gasteiger partial charge >= 0.3 is 0 Å². The molecule has 0 aliphatic heterocycles. The SMILES string of the molecule is COc1ccc(C)cc1Nc1cc(C(=O)Nc2ccc(C)c(C)c2)ccn1. The Kier molecular flexibility index (Phi) is 5.41. The number of carbonyl (C=O) groups excluding carboxylic acids is 1. The van der Waals surface area contributed by atoms with Gasteiger partial charge in [0.1, 0.15) is 11.6 Å². The average Bonchev–Trinajstić information content (AvgIpc) is 2.65. The summed E-state index contributed by atoms with van der Waals surface area (Å²) in [5, 5.41) is 6.15. The molecule has 2 aromatic carbocycles. The van der Waals surface area contributed by atoms with Crippen LogP contribution in [0.1, 0.15) is 27.0 Å². The fourth-order valence-electron chi connectivity index (χ4n) is 2.72. The maximum Gasteiger partial charge on any atom is 0.255 e. The van der Waals surface area contributed by atoms with Crippen molar-refractivity contribution in [2.24, 2.45) is 0 Å². The number of aryl methyl sites for hydroxylation is 3. The lowest BCUT2D eigenvalue weighted by Gasteiger charge is -2.12. The first-order valence-corrected chi connectivity index (χ1v) is 8.72. The number of nitrogens with one attached hydrogen (secondary N) is 2. The molecule has 2 N–H and O–H groups in total. The Labute approximate surface area is 159 Å². The van der Waals surface area contributed by atoms with Crippen LogP contribution in [0.15, 0.2) is 54.7 Å². The van der Waals surface area contributed by atoms with Gasteiger partial charge in [0, 0.05) is 17.4 Å². The molecule has 0 atom stereocenters. The Morgan fingerprint density at radius 1 is 0.963 bits per heavy atom. The summed E-state index contributed by atoms with van der Waals surface area (Å²) in [6.07, 6.45) is 1.61. The third-order valence-electron chi connectivity index (χ3n) is 4.40. The van der Waals surface area contributed by atoms with Gasteiger partial charge in [-0.25, -0.2) is 4.98 Å². The topological polar surface area (TPSA) is 63.2 Å². The zero-order chi connectivity index (χ0) is 19.4. The van der Waals surface area contributed by atoms with Gasteiger partial charge in [0.05, 0.1) is 12.8 Å². The lowest BCUT2D eigenvalue weighted by Crippen LogP contribution is -2.12. The first kappa shape index (κ1) is 18.5. The van der Waals surface area contributed by atoms with E-state index in [-0.39, 0.29) is 5.91 Å². The summed E-state index contributed by atoms with van der Waals surface area (Å²) in [6, 6.07) is 15.1. The number of aromatic nitrogens is 1. The third kappa shape index (κ3) is 4.44. The molecule has 0 unspecified atom stereocenters. The Morgan fingerprint density at radius 2 is 1.78 bits per heavy atom. The lowest BCUT2D eigenvalue weighted by molar-refractivity contribution is 0.102. The minimum atomic E-state index is -0.181. The highest BCUT2D eigenvalue weighted by molar-refractivity contribution is 6.04. The Hall–Kier alpha value is -3.34. The maximum absolute atomic E-state index is 12.6. The second-order valence-electron chi connectivity index (χ2n) is 6.51. The molecule has 0 fully saturated rings. The quantitative estimate of drug-likeness (QED) is 0.670. The van der Waals surface area contributed by atoms with E-state index in [1.54, 1.807) is 25.4 Å². The Balaban J connectivity index is 1.80. The van der Waals surface area contributed by atoms with E-state index in [0.717, 1.165) is 22.5 Å². The molecular formula is C22H23N3O2. The summed E-state index contributed by atoms with van der Waals surface area (Å²) in [5.41, 5.74) is 5.53. The molecule has 27 heavy (non-hydrogen) atoms. The zero-order valence-corrected chi connectivity index (χ0v) is 16.0. The number of anilines is 3. The monoisotopic (exact) mass is 361 g/mol. The first-order valence-electron chi connectivity index (χ1n) is 8.72. The van der Waals surface area contributed by atoms with Crippen LogP contribution in [0.2, 0.25) is 0 Å². The molecule has 0 saturated heterocycles. The number of nitrogens with zero attached hydrogens (tertiary/aromatic N) is 1. The Morgan fingerprint density at radius 3 is 2.52 bits per heavy atom. The smallest absolute Gasteiger partial charge is 0.255 e. The van der Waals surface area contributed by atoms with Crippen molar-refractivity contribution < 1.29 is 9.53 Å². The fourth-order valence-corrected chi connectivity index (χ4v) is 2.72. The van der Waals surface area contributed by atoms with Crippen LogP contribution < -0.4 is 15.4 Å². The third-order valence-corrected chi connectivity index (χ3v) is 4.40. The number of hydrogen-bond donors (Lipinski definition) is 2. The van der Waals surface area contributed by atoms with Crippen LogP contribution in [0.4, 0.5) is 17.2 Å². The minimum Gasteiger partial charge on any atom is -0.495 e. The highest BCUT2D eigenvalue weighted by Gasteiger charge is 2.10. The summed E-state index contributed by atoms with van der Waals surface area (Å²) in [5.74, 6) is 1.11. The average molecular weight is 361 g/mol. The van der Waals surface area contributed by atoms with Crippen LogP contribution in [0.5, 0.6) is 5.75 Å². The molecule has 1 amide bonds. The van der Waals surface area contributed by atoms with Crippen molar-refractivity contribution in [1.82, 2.24) is 4.98 Å². The van der Waals surface area contributed by atoms with E-state index in [4.69, 9.17) is 4.74 Å². The largest absolute Gasteiger partial charge is 0.495 e. The van der Waals surface area contributed by atoms with E-state index < -0.39 is 0 Å². The molecular weight excluding hydrogens is 338 g/mol. The molecule has 0 aliphatic carbocycles. The molecule has 0 aliphatic rings. The van der Waals surface area contributed by atoms with Crippen LogP contribution in [0, 0.1) is 20.8 Å². The Bertz CT molecular complexity index is 983. The maximum atomic E-state index is 12.6. The second kappa shape index (κ2) is 7.91. The van der Waals surface area contributed by atoms with E-state index >= 15 is 0 Å². The van der Waals surface area contributed by atoms with Crippen LogP contribution in [-0.4, -0.2) is 18.0 Å². The first-order chi connectivity index (χ1) is 13.0. The number of pyridine rings is 1. The van der Waals surface area contributed by atoms with Gasteiger partial charge in [-0.05, 0) is 73.9 Å². The van der Waals surface area contributed by atoms with E-state index in [0.29, 0.717) is 17.1 Å². The van der Waals surface area contributed by atoms with Crippen molar-refractivity contribution in [2.75, 3.05) is 17.7 Å². The number of methoxy groups -OCH3 is 1. The zero-order valence-electron chi connectivity index (χ0n) is 16.0. The fraction of sp³-hybridized carbons (Fsp3) is 0.182. The highest BCUT2D eigenvalue weighted by atomic mass is 16.5. The molecule has 1 heterocycles. The molecule has 0 bridgehead atoms. The van der Waals surface area contributed by atoms with Gasteiger partial charge in [-0.3, -0.25) is 4.79 Å². The number of benzene rings is 2. The van der Waals surface area contributed by atoms with E-state index in [2.05, 4.69) is 15.6 Å². The number of amides is 1. The van der Waals surface area contributed by atoms with E-state index in [1.165, 1.54) is 5.56 Å². The number of rotatable bonds is 5. The minimum absolute atomic E-state index is 0.181. The molecule has 0 radical (unpaired) electrons. The van der Waals surface area contributed by atoms with Gasteiger partial charge in [-0.15, -0.1) is 0 Å². The van der Waals surface area contributed by atoms with Crippen LogP contribution in [0.25, 0.3) is 0 Å². The van der Waals surface area contributed by atoms with Crippen molar-refractivity contribution in [3.8, 4) is 5.75 Å². The van der Waals surface area contributed by atoms with Crippen LogP contribution >= 0.6 is 0 Å². The predicted octanol–water partition coefficient (Wildman–Crippen LogP) is 5.01. The van der Waals surface area contributed by atoms with Gasteiger partial charge in [-0.1, -0.05) is 12.1 Å². The van der Waals surface area contributed by atoms with Gasteiger partial charge in [0.25, 0.3) is 5.91 Å². The summed E-state index contributed by atoms with van der Waals surface area (Å²) in [6.45, 7) is 6.07. The van der Waals surface area contributed by atoms with Crippen molar-refractivity contribution in [2.45, 2.75) is 20.8 Å². The molecule has 3 aromatic rings. The van der Waals surface area contributed by atoms with E-state index in [1.807, 2.05) is 57.2 Å². The van der Waals surface area contributed by atoms with Crippen molar-refractivity contribution in [3.05, 3.63) is 77.0 Å². The molecule has 5 heteroatoms. The number of ether oxygens (including phenoxy) is 1. The summed E-state index contributed by atoms with van der Waals surface area (Å²) in [7, 11) is 1.62. The second-order valence-corrected chi connectivity index (χ2v) is 6.51. The number of hydrogen-bond acceptors (Lipinski definition) is 4. The highest BCUT2D eigenvalue weighted by Crippen LogP contribution is 2.28. The van der Waals surface area contributed by atoms with Gasteiger partial charge < -0.3 is 15.4 Å². The molecule has 138 valence electrons. The lowest BCUT2D eigenvalue weighted by atomic mass is 10.1. The summed E-state index contributed by atoms with van der Waals surface area (Å²) >= 11 is 0. The molecule has 1 aromatic heterocycles. The van der Waals surface area contributed by atoms with E-state index in [9.17, 15) is 4.79 Å². The molecule has 3 rings (SSSR count). The van der Waals surface area contributed by atoms with Crippen LogP contribution in [0.3, 0.4) is 0 Å². The number of carbonyl (C=O) groups is 1. The summed E-state index contributed by atoms with van der Waals surface area (Å²) in [4.78, 5) is 16.9. The van der Waals surface area contributed by atoms with Crippen molar-refractivity contribution in [3.63, 3.8) is 0 Å². The normalized spacial score (nSPS) is 10.4. The van der Waals surface area contributed by atoms with Gasteiger partial charge in [0.15, 0.2) is 0 Å². The van der Waals surface area contributed by atoms with Crippen LogP contribution in [-0.2, 0) is 0 Å².